The molecule has 0 fully saturated rings. The van der Waals surface area contributed by atoms with Gasteiger partial charge in [0.25, 0.3) is 0 Å². The fourth-order valence-electron chi connectivity index (χ4n) is 1.23. The van der Waals surface area contributed by atoms with E-state index in [4.69, 9.17) is 0 Å². The Labute approximate surface area is 84.5 Å². The smallest absolute Gasteiger partial charge is 0.126 e. The molecule has 0 bridgehead atoms. The second-order valence-electron chi connectivity index (χ2n) is 3.24. The van der Waals surface area contributed by atoms with Gasteiger partial charge in [0.15, 0.2) is 0 Å². The van der Waals surface area contributed by atoms with E-state index >= 15 is 0 Å². The molecule has 2 nitrogen and oxygen atoms in total. The van der Waals surface area contributed by atoms with Crippen LogP contribution in [0.3, 0.4) is 0 Å². The third-order valence-corrected chi connectivity index (χ3v) is 2.04. The molecule has 2 N–H and O–H groups in total. The highest BCUT2D eigenvalue weighted by Crippen LogP contribution is 2.12. The monoisotopic (exact) mass is 196 g/mol. The number of benzene rings is 1. The van der Waals surface area contributed by atoms with Gasteiger partial charge in [-0.05, 0) is 37.2 Å². The third kappa shape index (κ3) is 3.34. The maximum absolute atomic E-state index is 12.9. The van der Waals surface area contributed by atoms with E-state index in [1.165, 1.54) is 6.07 Å². The van der Waals surface area contributed by atoms with E-state index in [0.717, 1.165) is 25.3 Å². The molecule has 78 valence electrons. The van der Waals surface area contributed by atoms with Crippen molar-refractivity contribution in [3.63, 3.8) is 0 Å². The third-order valence-electron chi connectivity index (χ3n) is 2.04. The van der Waals surface area contributed by atoms with Crippen molar-refractivity contribution < 1.29 is 4.39 Å². The zero-order chi connectivity index (χ0) is 10.4. The molecule has 0 saturated heterocycles. The molecule has 0 atom stereocenters. The van der Waals surface area contributed by atoms with Gasteiger partial charge in [-0.1, -0.05) is 6.92 Å². The zero-order valence-electron chi connectivity index (χ0n) is 8.73. The molecule has 0 heterocycles. The fraction of sp³-hybridized carbons (Fsp3) is 0.455. The van der Waals surface area contributed by atoms with Crippen molar-refractivity contribution in [3.8, 4) is 0 Å². The van der Waals surface area contributed by atoms with Crippen molar-refractivity contribution in [1.82, 2.24) is 5.32 Å². The van der Waals surface area contributed by atoms with Crippen LogP contribution in [-0.2, 0) is 0 Å². The molecule has 3 heteroatoms. The van der Waals surface area contributed by atoms with Gasteiger partial charge < -0.3 is 10.6 Å². The first-order valence-corrected chi connectivity index (χ1v) is 4.94. The summed E-state index contributed by atoms with van der Waals surface area (Å²) >= 11 is 0. The maximum Gasteiger partial charge on any atom is 0.126 e. The normalized spacial score (nSPS) is 10.2. The number of likely N-dealkylation sites (N-methyl/N-ethyl adjacent to an activating group) is 1. The molecule has 0 aliphatic rings. The van der Waals surface area contributed by atoms with Gasteiger partial charge in [0.2, 0.25) is 0 Å². The predicted molar refractivity (Wildman–Crippen MR) is 58.2 cm³/mol. The van der Waals surface area contributed by atoms with Crippen molar-refractivity contribution in [2.24, 2.45) is 0 Å². The average Bonchev–Trinajstić information content (AvgIpc) is 2.18. The molecule has 1 aromatic rings. The zero-order valence-corrected chi connectivity index (χ0v) is 8.73. The van der Waals surface area contributed by atoms with Crippen molar-refractivity contribution in [3.05, 3.63) is 29.6 Å². The summed E-state index contributed by atoms with van der Waals surface area (Å²) in [7, 11) is 0. The number of nitrogens with one attached hydrogen (secondary N) is 2. The topological polar surface area (TPSA) is 24.1 Å². The van der Waals surface area contributed by atoms with Gasteiger partial charge in [0.1, 0.15) is 5.82 Å². The van der Waals surface area contributed by atoms with Crippen molar-refractivity contribution >= 4 is 5.69 Å². The maximum atomic E-state index is 12.9. The minimum absolute atomic E-state index is 0.151. The Balaban J connectivity index is 2.39. The van der Waals surface area contributed by atoms with Gasteiger partial charge in [0.05, 0.1) is 0 Å². The number of hydrogen-bond acceptors (Lipinski definition) is 2. The van der Waals surface area contributed by atoms with E-state index in [9.17, 15) is 4.39 Å². The molecule has 1 rings (SSSR count). The largest absolute Gasteiger partial charge is 0.384 e. The van der Waals surface area contributed by atoms with E-state index in [1.54, 1.807) is 13.0 Å². The van der Waals surface area contributed by atoms with Gasteiger partial charge >= 0.3 is 0 Å². The highest BCUT2D eigenvalue weighted by molar-refractivity contribution is 5.45. The lowest BCUT2D eigenvalue weighted by molar-refractivity contribution is 0.618. The number of halogens is 1. The van der Waals surface area contributed by atoms with Crippen molar-refractivity contribution in [1.29, 1.82) is 0 Å². The Kier molecular flexibility index (Phi) is 4.40. The van der Waals surface area contributed by atoms with Crippen LogP contribution in [-0.4, -0.2) is 19.6 Å². The number of anilines is 1. The van der Waals surface area contributed by atoms with E-state index in [1.807, 2.05) is 6.07 Å². The highest BCUT2D eigenvalue weighted by Gasteiger charge is 1.97. The Morgan fingerprint density at radius 2 is 2.07 bits per heavy atom. The molecule has 0 saturated carbocycles. The molecule has 0 unspecified atom stereocenters. The molecule has 0 aromatic heterocycles. The summed E-state index contributed by atoms with van der Waals surface area (Å²) in [6.45, 7) is 6.60. The minimum atomic E-state index is -0.151. The molecule has 0 aliphatic heterocycles. The summed E-state index contributed by atoms with van der Waals surface area (Å²) in [5, 5.41) is 6.43. The van der Waals surface area contributed by atoms with Crippen LogP contribution in [0.1, 0.15) is 12.5 Å². The first-order valence-electron chi connectivity index (χ1n) is 4.94. The van der Waals surface area contributed by atoms with Gasteiger partial charge in [-0.25, -0.2) is 4.39 Å². The van der Waals surface area contributed by atoms with Crippen molar-refractivity contribution in [2.75, 3.05) is 25.0 Å². The van der Waals surface area contributed by atoms with E-state index in [-0.39, 0.29) is 5.82 Å². The van der Waals surface area contributed by atoms with Crippen molar-refractivity contribution in [2.45, 2.75) is 13.8 Å². The van der Waals surface area contributed by atoms with Gasteiger partial charge in [-0.2, -0.15) is 0 Å². The summed E-state index contributed by atoms with van der Waals surface area (Å²) in [6, 6.07) is 5.07. The summed E-state index contributed by atoms with van der Waals surface area (Å²) in [5.41, 5.74) is 1.65. The summed E-state index contributed by atoms with van der Waals surface area (Å²) < 4.78 is 12.9. The lowest BCUT2D eigenvalue weighted by Crippen LogP contribution is -2.21. The number of aryl methyl sites for hydroxylation is 1. The fourth-order valence-corrected chi connectivity index (χ4v) is 1.23. The average molecular weight is 196 g/mol. The molecule has 1 aromatic carbocycles. The predicted octanol–water partition coefficient (Wildman–Crippen LogP) is 2.16. The molecule has 0 aliphatic carbocycles. The Bertz CT molecular complexity index is 287. The van der Waals surface area contributed by atoms with E-state index in [2.05, 4.69) is 17.6 Å². The lowest BCUT2D eigenvalue weighted by Gasteiger charge is -2.07. The lowest BCUT2D eigenvalue weighted by atomic mass is 10.2. The van der Waals surface area contributed by atoms with Crippen LogP contribution in [0, 0.1) is 12.7 Å². The van der Waals surface area contributed by atoms with Crippen LogP contribution in [0.25, 0.3) is 0 Å². The van der Waals surface area contributed by atoms with Crippen LogP contribution in [0.4, 0.5) is 10.1 Å². The molecule has 0 spiro atoms. The second kappa shape index (κ2) is 5.60. The summed E-state index contributed by atoms with van der Waals surface area (Å²) in [4.78, 5) is 0. The van der Waals surface area contributed by atoms with Gasteiger partial charge in [-0.3, -0.25) is 0 Å². The SMILES string of the molecule is CCNCCNc1ccc(F)c(C)c1. The van der Waals surface area contributed by atoms with Crippen LogP contribution >= 0.6 is 0 Å². The van der Waals surface area contributed by atoms with Gasteiger partial charge in [0, 0.05) is 18.8 Å². The van der Waals surface area contributed by atoms with Crippen LogP contribution in [0.5, 0.6) is 0 Å². The Morgan fingerprint density at radius 3 is 2.71 bits per heavy atom. The Hall–Kier alpha value is -1.09. The molecule has 14 heavy (non-hydrogen) atoms. The first-order chi connectivity index (χ1) is 6.74. The molecular weight excluding hydrogens is 179 g/mol. The first kappa shape index (κ1) is 11.0. The molecular formula is C11H17FN2. The van der Waals surface area contributed by atoms with Crippen LogP contribution in [0.2, 0.25) is 0 Å². The van der Waals surface area contributed by atoms with E-state index in [0.29, 0.717) is 5.56 Å². The second-order valence-corrected chi connectivity index (χ2v) is 3.24. The van der Waals surface area contributed by atoms with Gasteiger partial charge in [-0.15, -0.1) is 0 Å². The molecule has 0 radical (unpaired) electrons. The minimum Gasteiger partial charge on any atom is -0.384 e. The highest BCUT2D eigenvalue weighted by atomic mass is 19.1. The Morgan fingerprint density at radius 1 is 1.29 bits per heavy atom. The number of hydrogen-bond donors (Lipinski definition) is 2. The standard InChI is InChI=1S/C11H17FN2/c1-3-13-6-7-14-10-4-5-11(12)9(2)8-10/h4-5,8,13-14H,3,6-7H2,1-2H3. The molecule has 0 amide bonds. The summed E-state index contributed by atoms with van der Waals surface area (Å²) in [6.07, 6.45) is 0. The van der Waals surface area contributed by atoms with Crippen LogP contribution in [0.15, 0.2) is 18.2 Å². The summed E-state index contributed by atoms with van der Waals surface area (Å²) in [5.74, 6) is -0.151. The quantitative estimate of drug-likeness (QED) is 0.705. The van der Waals surface area contributed by atoms with Crippen LogP contribution < -0.4 is 10.6 Å². The van der Waals surface area contributed by atoms with E-state index < -0.39 is 0 Å². The number of rotatable bonds is 5.